The van der Waals surface area contributed by atoms with Crippen LogP contribution in [0.2, 0.25) is 0 Å². The van der Waals surface area contributed by atoms with Gasteiger partial charge in [0.25, 0.3) is 0 Å². The Balaban J connectivity index is 2.76. The minimum atomic E-state index is -0.182. The first-order chi connectivity index (χ1) is 8.04. The van der Waals surface area contributed by atoms with Gasteiger partial charge in [0.15, 0.2) is 0 Å². The predicted molar refractivity (Wildman–Crippen MR) is 68.0 cm³/mol. The monoisotopic (exact) mass is 238 g/mol. The molecule has 0 aromatic carbocycles. The van der Waals surface area contributed by atoms with Crippen LogP contribution in [0, 0.1) is 0 Å². The Kier molecular flexibility index (Phi) is 5.38. The fourth-order valence-corrected chi connectivity index (χ4v) is 1.59. The van der Waals surface area contributed by atoms with Gasteiger partial charge >= 0.3 is 0 Å². The smallest absolute Gasteiger partial charge is 0.138 e. The normalized spacial score (nSPS) is 14.7. The van der Waals surface area contributed by atoms with Gasteiger partial charge in [-0.3, -0.25) is 4.98 Å². The van der Waals surface area contributed by atoms with E-state index in [-0.39, 0.29) is 18.2 Å². The Hall–Kier alpha value is -1.13. The molecule has 0 saturated carbocycles. The van der Waals surface area contributed by atoms with Crippen LogP contribution in [-0.2, 0) is 4.74 Å². The largest absolute Gasteiger partial charge is 0.489 e. The number of aromatic nitrogens is 1. The lowest BCUT2D eigenvalue weighted by molar-refractivity contribution is 0.0573. The van der Waals surface area contributed by atoms with E-state index in [4.69, 9.17) is 15.2 Å². The highest BCUT2D eigenvalue weighted by atomic mass is 16.5. The Labute approximate surface area is 103 Å². The van der Waals surface area contributed by atoms with Crippen LogP contribution < -0.4 is 10.5 Å². The molecule has 0 saturated heterocycles. The van der Waals surface area contributed by atoms with Gasteiger partial charge in [-0.05, 0) is 39.3 Å². The Morgan fingerprint density at radius 2 is 2.00 bits per heavy atom. The van der Waals surface area contributed by atoms with Gasteiger partial charge in [-0.2, -0.15) is 0 Å². The summed E-state index contributed by atoms with van der Waals surface area (Å²) in [6, 6.07) is 1.74. The molecule has 4 heteroatoms. The van der Waals surface area contributed by atoms with Gasteiger partial charge in [-0.25, -0.2) is 0 Å². The van der Waals surface area contributed by atoms with Crippen molar-refractivity contribution in [2.75, 3.05) is 6.61 Å². The molecule has 2 N–H and O–H groups in total. The quantitative estimate of drug-likeness (QED) is 0.826. The van der Waals surface area contributed by atoms with E-state index in [1.807, 2.05) is 33.8 Å². The maximum Gasteiger partial charge on any atom is 0.138 e. The molecular formula is C13H22N2O2. The molecule has 1 heterocycles. The van der Waals surface area contributed by atoms with E-state index in [2.05, 4.69) is 4.98 Å². The van der Waals surface area contributed by atoms with Crippen molar-refractivity contribution < 1.29 is 9.47 Å². The van der Waals surface area contributed by atoms with Gasteiger partial charge in [0.2, 0.25) is 0 Å². The first-order valence-corrected chi connectivity index (χ1v) is 6.03. The molecule has 1 aromatic heterocycles. The molecular weight excluding hydrogens is 216 g/mol. The second-order valence-electron chi connectivity index (χ2n) is 4.31. The summed E-state index contributed by atoms with van der Waals surface area (Å²) in [7, 11) is 0. The van der Waals surface area contributed by atoms with Crippen molar-refractivity contribution in [3.8, 4) is 5.75 Å². The van der Waals surface area contributed by atoms with Crippen molar-refractivity contribution in [1.29, 1.82) is 0 Å². The van der Waals surface area contributed by atoms with Crippen LogP contribution in [0.4, 0.5) is 0 Å². The number of nitrogens with zero attached hydrogens (tertiary/aromatic N) is 1. The minimum Gasteiger partial charge on any atom is -0.489 e. The molecule has 2 unspecified atom stereocenters. The van der Waals surface area contributed by atoms with E-state index >= 15 is 0 Å². The lowest BCUT2D eigenvalue weighted by Crippen LogP contribution is -2.26. The van der Waals surface area contributed by atoms with Crippen molar-refractivity contribution in [3.05, 3.63) is 24.0 Å². The first-order valence-electron chi connectivity index (χ1n) is 6.03. The fourth-order valence-electron chi connectivity index (χ4n) is 1.59. The number of hydrogen-bond acceptors (Lipinski definition) is 4. The topological polar surface area (TPSA) is 57.4 Å². The molecule has 4 nitrogen and oxygen atoms in total. The van der Waals surface area contributed by atoms with E-state index < -0.39 is 0 Å². The molecule has 0 amide bonds. The van der Waals surface area contributed by atoms with Crippen LogP contribution in [0.25, 0.3) is 0 Å². The highest BCUT2D eigenvalue weighted by Gasteiger charge is 2.16. The highest BCUT2D eigenvalue weighted by molar-refractivity contribution is 5.26. The predicted octanol–water partition coefficient (Wildman–Crippen LogP) is 2.29. The fraction of sp³-hybridized carbons (Fsp3) is 0.615. The molecule has 2 atom stereocenters. The zero-order chi connectivity index (χ0) is 12.8. The average molecular weight is 238 g/mol. The summed E-state index contributed by atoms with van der Waals surface area (Å²) in [5.74, 6) is 0.747. The summed E-state index contributed by atoms with van der Waals surface area (Å²) in [6.45, 7) is 8.54. The van der Waals surface area contributed by atoms with Crippen LogP contribution in [0.5, 0.6) is 5.75 Å². The number of hydrogen-bond donors (Lipinski definition) is 1. The van der Waals surface area contributed by atoms with Crippen LogP contribution >= 0.6 is 0 Å². The highest BCUT2D eigenvalue weighted by Crippen LogP contribution is 2.20. The summed E-state index contributed by atoms with van der Waals surface area (Å²) in [6.07, 6.45) is 3.55. The third-order valence-electron chi connectivity index (χ3n) is 2.43. The molecule has 17 heavy (non-hydrogen) atoms. The molecule has 0 fully saturated rings. The molecule has 96 valence electrons. The van der Waals surface area contributed by atoms with Crippen LogP contribution in [-0.4, -0.2) is 23.8 Å². The molecule has 1 aromatic rings. The lowest BCUT2D eigenvalue weighted by atomic mass is 10.1. The maximum atomic E-state index is 6.10. The Morgan fingerprint density at radius 1 is 1.29 bits per heavy atom. The molecule has 0 aliphatic carbocycles. The third-order valence-corrected chi connectivity index (χ3v) is 2.43. The summed E-state index contributed by atoms with van der Waals surface area (Å²) >= 11 is 0. The number of pyridine rings is 1. The Bertz CT molecular complexity index is 342. The summed E-state index contributed by atoms with van der Waals surface area (Å²) in [5, 5.41) is 0. The second-order valence-corrected chi connectivity index (χ2v) is 4.31. The number of nitrogens with two attached hydrogens (primary N) is 1. The van der Waals surface area contributed by atoms with Gasteiger partial charge in [0, 0.05) is 12.8 Å². The van der Waals surface area contributed by atoms with E-state index in [1.165, 1.54) is 0 Å². The SMILES string of the molecule is CCOC(C)C(N)c1cncc(OC(C)C)c1. The molecule has 0 radical (unpaired) electrons. The lowest BCUT2D eigenvalue weighted by Gasteiger charge is -2.20. The molecule has 0 bridgehead atoms. The molecule has 0 aliphatic rings. The van der Waals surface area contributed by atoms with Gasteiger partial charge in [0.1, 0.15) is 5.75 Å². The van der Waals surface area contributed by atoms with Gasteiger partial charge < -0.3 is 15.2 Å². The van der Waals surface area contributed by atoms with Crippen LogP contribution in [0.15, 0.2) is 18.5 Å². The number of rotatable bonds is 6. The van der Waals surface area contributed by atoms with Crippen LogP contribution in [0.1, 0.15) is 39.3 Å². The van der Waals surface area contributed by atoms with Gasteiger partial charge in [0.05, 0.1) is 24.4 Å². The van der Waals surface area contributed by atoms with E-state index in [0.717, 1.165) is 11.3 Å². The number of ether oxygens (including phenoxy) is 2. The molecule has 0 aliphatic heterocycles. The van der Waals surface area contributed by atoms with Crippen LogP contribution in [0.3, 0.4) is 0 Å². The van der Waals surface area contributed by atoms with Crippen molar-refractivity contribution in [2.45, 2.75) is 45.9 Å². The Morgan fingerprint density at radius 3 is 2.59 bits per heavy atom. The summed E-state index contributed by atoms with van der Waals surface area (Å²) in [5.41, 5.74) is 7.04. The van der Waals surface area contributed by atoms with Crippen molar-refractivity contribution in [2.24, 2.45) is 5.73 Å². The third kappa shape index (κ3) is 4.32. The molecule has 1 rings (SSSR count). The summed E-state index contributed by atoms with van der Waals surface area (Å²) in [4.78, 5) is 4.14. The van der Waals surface area contributed by atoms with E-state index in [0.29, 0.717) is 6.61 Å². The standard InChI is InChI=1S/C13H22N2O2/c1-5-16-10(4)13(14)11-6-12(8-15-7-11)17-9(2)3/h6-10,13H,5,14H2,1-4H3. The second kappa shape index (κ2) is 6.57. The average Bonchev–Trinajstić information content (AvgIpc) is 2.28. The zero-order valence-electron chi connectivity index (χ0n) is 11.0. The van der Waals surface area contributed by atoms with E-state index in [9.17, 15) is 0 Å². The van der Waals surface area contributed by atoms with Crippen molar-refractivity contribution in [1.82, 2.24) is 4.98 Å². The first kappa shape index (κ1) is 13.9. The van der Waals surface area contributed by atoms with Gasteiger partial charge in [-0.15, -0.1) is 0 Å². The van der Waals surface area contributed by atoms with E-state index in [1.54, 1.807) is 12.4 Å². The zero-order valence-corrected chi connectivity index (χ0v) is 11.0. The molecule has 0 spiro atoms. The minimum absolute atomic E-state index is 0.0314. The van der Waals surface area contributed by atoms with Gasteiger partial charge in [-0.1, -0.05) is 0 Å². The van der Waals surface area contributed by atoms with Crippen molar-refractivity contribution in [3.63, 3.8) is 0 Å². The summed E-state index contributed by atoms with van der Waals surface area (Å²) < 4.78 is 11.1. The maximum absolute atomic E-state index is 6.10. The van der Waals surface area contributed by atoms with Crippen molar-refractivity contribution >= 4 is 0 Å².